The first-order chi connectivity index (χ1) is 9.26. The summed E-state index contributed by atoms with van der Waals surface area (Å²) in [6.07, 6.45) is 4.30. The quantitative estimate of drug-likeness (QED) is 0.790. The maximum absolute atomic E-state index is 4.61. The van der Waals surface area contributed by atoms with Crippen LogP contribution in [0.15, 0.2) is 6.20 Å². The summed E-state index contributed by atoms with van der Waals surface area (Å²) in [7, 11) is 1.92. The van der Waals surface area contributed by atoms with Crippen molar-refractivity contribution < 1.29 is 0 Å². The molecule has 2 aromatic rings. The summed E-state index contributed by atoms with van der Waals surface area (Å²) in [5, 5.41) is 8.54. The van der Waals surface area contributed by atoms with Crippen LogP contribution in [0.25, 0.3) is 11.0 Å². The van der Waals surface area contributed by atoms with Crippen molar-refractivity contribution >= 4 is 28.6 Å². The number of thioether (sulfide) groups is 1. The Morgan fingerprint density at radius 1 is 1.32 bits per heavy atom. The predicted molar refractivity (Wildman–Crippen MR) is 81.5 cm³/mol. The Morgan fingerprint density at radius 3 is 2.89 bits per heavy atom. The van der Waals surface area contributed by atoms with E-state index in [1.165, 1.54) is 18.6 Å². The van der Waals surface area contributed by atoms with Gasteiger partial charge in [0.05, 0.1) is 17.3 Å². The number of anilines is 1. The molecule has 0 radical (unpaired) electrons. The lowest BCUT2D eigenvalue weighted by molar-refractivity contribution is 0.782. The van der Waals surface area contributed by atoms with E-state index in [1.807, 2.05) is 25.0 Å². The van der Waals surface area contributed by atoms with E-state index in [1.54, 1.807) is 4.68 Å². The molecule has 0 amide bonds. The molecule has 0 saturated carbocycles. The molecular weight excluding hydrogens is 258 g/mol. The highest BCUT2D eigenvalue weighted by Gasteiger charge is 2.10. The van der Waals surface area contributed by atoms with Gasteiger partial charge in [0.15, 0.2) is 5.65 Å². The second-order valence-corrected chi connectivity index (χ2v) is 5.54. The number of nitrogens with zero attached hydrogens (tertiary/aromatic N) is 4. The number of unbranched alkanes of at least 4 members (excludes halogenated alkanes) is 1. The van der Waals surface area contributed by atoms with Crippen LogP contribution in [-0.2, 0) is 12.8 Å². The smallest absolute Gasteiger partial charge is 0.163 e. The SMILES string of the molecule is CCCCSCc1nc(NCC)c2cnn(C)c2n1. The van der Waals surface area contributed by atoms with E-state index in [4.69, 9.17) is 0 Å². The Labute approximate surface area is 118 Å². The monoisotopic (exact) mass is 279 g/mol. The topological polar surface area (TPSA) is 55.6 Å². The molecule has 0 atom stereocenters. The summed E-state index contributed by atoms with van der Waals surface area (Å²) in [4.78, 5) is 9.21. The van der Waals surface area contributed by atoms with Gasteiger partial charge in [-0.25, -0.2) is 9.97 Å². The molecule has 5 nitrogen and oxygen atoms in total. The summed E-state index contributed by atoms with van der Waals surface area (Å²) in [5.74, 6) is 3.80. The zero-order valence-electron chi connectivity index (χ0n) is 11.8. The van der Waals surface area contributed by atoms with Crippen LogP contribution in [0, 0.1) is 0 Å². The van der Waals surface area contributed by atoms with E-state index in [0.29, 0.717) is 0 Å². The molecule has 104 valence electrons. The lowest BCUT2D eigenvalue weighted by Gasteiger charge is -2.07. The standard InChI is InChI=1S/C13H21N5S/c1-4-6-7-19-9-11-16-12(14-5-2)10-8-15-18(3)13(10)17-11/h8H,4-7,9H2,1-3H3,(H,14,16,17). The van der Waals surface area contributed by atoms with Gasteiger partial charge in [-0.2, -0.15) is 16.9 Å². The van der Waals surface area contributed by atoms with Crippen LogP contribution in [0.2, 0.25) is 0 Å². The second kappa shape index (κ2) is 6.75. The van der Waals surface area contributed by atoms with Crippen LogP contribution in [0.5, 0.6) is 0 Å². The molecule has 0 aliphatic rings. The van der Waals surface area contributed by atoms with Crippen molar-refractivity contribution in [2.75, 3.05) is 17.6 Å². The van der Waals surface area contributed by atoms with E-state index in [-0.39, 0.29) is 0 Å². The highest BCUT2D eigenvalue weighted by molar-refractivity contribution is 7.98. The van der Waals surface area contributed by atoms with E-state index in [0.717, 1.165) is 35.0 Å². The molecule has 0 bridgehead atoms. The first-order valence-corrected chi connectivity index (χ1v) is 7.92. The van der Waals surface area contributed by atoms with Crippen molar-refractivity contribution in [3.63, 3.8) is 0 Å². The summed E-state index contributed by atoms with van der Waals surface area (Å²) >= 11 is 1.89. The van der Waals surface area contributed by atoms with E-state index < -0.39 is 0 Å². The lowest BCUT2D eigenvalue weighted by atomic mass is 10.4. The van der Waals surface area contributed by atoms with Gasteiger partial charge in [0.25, 0.3) is 0 Å². The zero-order chi connectivity index (χ0) is 13.7. The molecule has 0 aromatic carbocycles. The average molecular weight is 279 g/mol. The van der Waals surface area contributed by atoms with Gasteiger partial charge in [-0.1, -0.05) is 13.3 Å². The van der Waals surface area contributed by atoms with Gasteiger partial charge in [-0.3, -0.25) is 4.68 Å². The Bertz CT molecular complexity index is 537. The van der Waals surface area contributed by atoms with Crippen molar-refractivity contribution in [2.24, 2.45) is 7.05 Å². The van der Waals surface area contributed by atoms with Crippen LogP contribution in [-0.4, -0.2) is 32.0 Å². The number of aromatic nitrogens is 4. The van der Waals surface area contributed by atoms with Crippen molar-refractivity contribution in [2.45, 2.75) is 32.4 Å². The van der Waals surface area contributed by atoms with Gasteiger partial charge in [0.1, 0.15) is 11.6 Å². The third-order valence-corrected chi connectivity index (χ3v) is 3.90. The third kappa shape index (κ3) is 3.37. The molecule has 0 aliphatic carbocycles. The highest BCUT2D eigenvalue weighted by atomic mass is 32.2. The van der Waals surface area contributed by atoms with Crippen LogP contribution >= 0.6 is 11.8 Å². The summed E-state index contributed by atoms with van der Waals surface area (Å²) in [6.45, 7) is 5.13. The summed E-state index contributed by atoms with van der Waals surface area (Å²) in [6, 6.07) is 0. The van der Waals surface area contributed by atoms with E-state index >= 15 is 0 Å². The minimum absolute atomic E-state index is 0.851. The molecule has 0 aliphatic heterocycles. The summed E-state index contributed by atoms with van der Waals surface area (Å²) in [5.41, 5.74) is 0.900. The first-order valence-electron chi connectivity index (χ1n) is 6.76. The first kappa shape index (κ1) is 14.1. The molecule has 0 unspecified atom stereocenters. The zero-order valence-corrected chi connectivity index (χ0v) is 12.6. The van der Waals surface area contributed by atoms with Gasteiger partial charge in [-0.15, -0.1) is 0 Å². The molecule has 19 heavy (non-hydrogen) atoms. The van der Waals surface area contributed by atoms with Crippen molar-refractivity contribution in [1.82, 2.24) is 19.7 Å². The van der Waals surface area contributed by atoms with Crippen molar-refractivity contribution in [1.29, 1.82) is 0 Å². The molecule has 2 rings (SSSR count). The van der Waals surface area contributed by atoms with Gasteiger partial charge in [0, 0.05) is 13.6 Å². The highest BCUT2D eigenvalue weighted by Crippen LogP contribution is 2.21. The number of nitrogens with one attached hydrogen (secondary N) is 1. The maximum atomic E-state index is 4.61. The molecule has 2 aromatic heterocycles. The molecule has 0 saturated heterocycles. The largest absolute Gasteiger partial charge is 0.370 e. The van der Waals surface area contributed by atoms with Crippen molar-refractivity contribution in [3.8, 4) is 0 Å². The molecule has 6 heteroatoms. The van der Waals surface area contributed by atoms with Crippen LogP contribution in [0.3, 0.4) is 0 Å². The number of rotatable bonds is 7. The fourth-order valence-corrected chi connectivity index (χ4v) is 2.79. The van der Waals surface area contributed by atoms with Gasteiger partial charge in [-0.05, 0) is 19.1 Å². The molecule has 2 heterocycles. The minimum atomic E-state index is 0.851. The Balaban J connectivity index is 2.21. The van der Waals surface area contributed by atoms with Crippen molar-refractivity contribution in [3.05, 3.63) is 12.0 Å². The maximum Gasteiger partial charge on any atom is 0.163 e. The van der Waals surface area contributed by atoms with E-state index in [2.05, 4.69) is 34.2 Å². The molecule has 0 spiro atoms. The van der Waals surface area contributed by atoms with Crippen LogP contribution in [0.1, 0.15) is 32.5 Å². The molecule has 0 fully saturated rings. The number of fused-ring (bicyclic) bond motifs is 1. The van der Waals surface area contributed by atoms with Gasteiger partial charge in [0.2, 0.25) is 0 Å². The molecule has 1 N–H and O–H groups in total. The normalized spacial score (nSPS) is 11.1. The Kier molecular flexibility index (Phi) is 5.01. The van der Waals surface area contributed by atoms with Crippen LogP contribution < -0.4 is 5.32 Å². The number of aryl methyl sites for hydroxylation is 1. The molecular formula is C13H21N5S. The number of hydrogen-bond acceptors (Lipinski definition) is 5. The Hall–Kier alpha value is -1.30. The fraction of sp³-hybridized carbons (Fsp3) is 0.615. The summed E-state index contributed by atoms with van der Waals surface area (Å²) < 4.78 is 1.80. The number of hydrogen-bond donors (Lipinski definition) is 1. The second-order valence-electron chi connectivity index (χ2n) is 4.43. The van der Waals surface area contributed by atoms with Gasteiger partial charge < -0.3 is 5.32 Å². The van der Waals surface area contributed by atoms with Gasteiger partial charge >= 0.3 is 0 Å². The fourth-order valence-electron chi connectivity index (χ4n) is 1.84. The minimum Gasteiger partial charge on any atom is -0.370 e. The van der Waals surface area contributed by atoms with E-state index in [9.17, 15) is 0 Å². The Morgan fingerprint density at radius 2 is 2.16 bits per heavy atom. The predicted octanol–water partition coefficient (Wildman–Crippen LogP) is 2.83. The average Bonchev–Trinajstić information content (AvgIpc) is 2.78. The van der Waals surface area contributed by atoms with Crippen LogP contribution in [0.4, 0.5) is 5.82 Å². The third-order valence-electron chi connectivity index (χ3n) is 2.86. The lowest BCUT2D eigenvalue weighted by Crippen LogP contribution is -2.05.